The van der Waals surface area contributed by atoms with Gasteiger partial charge in [-0.05, 0) is 31.1 Å². The van der Waals surface area contributed by atoms with Crippen molar-refractivity contribution >= 4 is 11.6 Å². The van der Waals surface area contributed by atoms with Gasteiger partial charge in [0.05, 0.1) is 0 Å². The SMILES string of the molecule is CC(C)(CN1CCCNCC1)c1ccccc1Cl. The molecule has 0 aliphatic carbocycles. The van der Waals surface area contributed by atoms with Crippen molar-refractivity contribution in [2.24, 2.45) is 0 Å². The molecule has 1 N–H and O–H groups in total. The minimum atomic E-state index is 0.0999. The van der Waals surface area contributed by atoms with E-state index in [1.54, 1.807) is 0 Å². The fourth-order valence-electron chi connectivity index (χ4n) is 2.71. The third-order valence-electron chi connectivity index (χ3n) is 3.65. The van der Waals surface area contributed by atoms with Crippen molar-refractivity contribution < 1.29 is 0 Å². The molecule has 0 amide bonds. The Morgan fingerprint density at radius 2 is 2.00 bits per heavy atom. The predicted molar refractivity (Wildman–Crippen MR) is 78.4 cm³/mol. The van der Waals surface area contributed by atoms with Gasteiger partial charge in [-0.2, -0.15) is 0 Å². The van der Waals surface area contributed by atoms with E-state index < -0.39 is 0 Å². The molecule has 0 unspecified atom stereocenters. The van der Waals surface area contributed by atoms with E-state index in [9.17, 15) is 0 Å². The van der Waals surface area contributed by atoms with E-state index >= 15 is 0 Å². The molecule has 1 aliphatic rings. The summed E-state index contributed by atoms with van der Waals surface area (Å²) in [5.41, 5.74) is 1.35. The fourth-order valence-corrected chi connectivity index (χ4v) is 3.11. The molecule has 2 nitrogen and oxygen atoms in total. The number of benzene rings is 1. The zero-order valence-corrected chi connectivity index (χ0v) is 12.1. The second kappa shape index (κ2) is 6.05. The highest BCUT2D eigenvalue weighted by molar-refractivity contribution is 6.31. The zero-order chi connectivity index (χ0) is 13.0. The van der Waals surface area contributed by atoms with Crippen LogP contribution in [0.4, 0.5) is 0 Å². The monoisotopic (exact) mass is 266 g/mol. The third-order valence-corrected chi connectivity index (χ3v) is 3.98. The normalized spacial score (nSPS) is 18.6. The molecule has 1 aromatic carbocycles. The quantitative estimate of drug-likeness (QED) is 0.905. The van der Waals surface area contributed by atoms with E-state index in [4.69, 9.17) is 11.6 Å². The molecule has 1 fully saturated rings. The largest absolute Gasteiger partial charge is 0.315 e. The standard InChI is InChI=1S/C15H23ClN2/c1-15(2,13-6-3-4-7-14(13)16)12-18-10-5-8-17-9-11-18/h3-4,6-7,17H,5,8-12H2,1-2H3. The maximum atomic E-state index is 6.33. The molecule has 0 atom stereocenters. The molecule has 100 valence electrons. The summed E-state index contributed by atoms with van der Waals surface area (Å²) in [6.45, 7) is 10.2. The van der Waals surface area contributed by atoms with Crippen molar-refractivity contribution in [2.45, 2.75) is 25.7 Å². The molecule has 2 rings (SSSR count). The number of rotatable bonds is 3. The first-order valence-corrected chi connectivity index (χ1v) is 7.15. The van der Waals surface area contributed by atoms with Crippen molar-refractivity contribution in [3.8, 4) is 0 Å². The lowest BCUT2D eigenvalue weighted by Gasteiger charge is -2.33. The molecular weight excluding hydrogens is 244 g/mol. The van der Waals surface area contributed by atoms with Gasteiger partial charge in [0.25, 0.3) is 0 Å². The smallest absolute Gasteiger partial charge is 0.0443 e. The van der Waals surface area contributed by atoms with Crippen LogP contribution >= 0.6 is 11.6 Å². The molecule has 0 saturated carbocycles. The lowest BCUT2D eigenvalue weighted by molar-refractivity contribution is 0.237. The number of hydrogen-bond acceptors (Lipinski definition) is 2. The second-order valence-corrected chi connectivity index (χ2v) is 6.15. The fraction of sp³-hybridized carbons (Fsp3) is 0.600. The third kappa shape index (κ3) is 3.47. The summed E-state index contributed by atoms with van der Waals surface area (Å²) in [6, 6.07) is 8.21. The molecule has 0 aromatic heterocycles. The van der Waals surface area contributed by atoms with Gasteiger partial charge < -0.3 is 10.2 Å². The summed E-state index contributed by atoms with van der Waals surface area (Å²) in [4.78, 5) is 2.54. The lowest BCUT2D eigenvalue weighted by Crippen LogP contribution is -2.39. The number of nitrogens with one attached hydrogen (secondary N) is 1. The van der Waals surface area contributed by atoms with Crippen molar-refractivity contribution in [1.29, 1.82) is 0 Å². The molecule has 0 radical (unpaired) electrons. The summed E-state index contributed by atoms with van der Waals surface area (Å²) in [5.74, 6) is 0. The number of halogens is 1. The topological polar surface area (TPSA) is 15.3 Å². The first kappa shape index (κ1) is 13.9. The Morgan fingerprint density at radius 3 is 2.78 bits per heavy atom. The van der Waals surface area contributed by atoms with E-state index in [0.717, 1.165) is 31.2 Å². The molecule has 0 spiro atoms. The van der Waals surface area contributed by atoms with Crippen LogP contribution in [0.3, 0.4) is 0 Å². The Kier molecular flexibility index (Phi) is 4.66. The van der Waals surface area contributed by atoms with Crippen LogP contribution in [0.1, 0.15) is 25.8 Å². The molecule has 1 heterocycles. The van der Waals surface area contributed by atoms with E-state index in [2.05, 4.69) is 36.2 Å². The maximum Gasteiger partial charge on any atom is 0.0443 e. The minimum Gasteiger partial charge on any atom is -0.315 e. The van der Waals surface area contributed by atoms with Gasteiger partial charge >= 0.3 is 0 Å². The Morgan fingerprint density at radius 1 is 1.22 bits per heavy atom. The van der Waals surface area contributed by atoms with Gasteiger partial charge in [0.1, 0.15) is 0 Å². The maximum absolute atomic E-state index is 6.33. The lowest BCUT2D eigenvalue weighted by atomic mass is 9.84. The van der Waals surface area contributed by atoms with Gasteiger partial charge in [0, 0.05) is 30.1 Å². The Bertz CT molecular complexity index is 382. The molecule has 1 aliphatic heterocycles. The van der Waals surface area contributed by atoms with Crippen LogP contribution in [-0.4, -0.2) is 37.6 Å². The first-order chi connectivity index (χ1) is 8.59. The van der Waals surface area contributed by atoms with Crippen molar-refractivity contribution in [2.75, 3.05) is 32.7 Å². The highest BCUT2D eigenvalue weighted by atomic mass is 35.5. The first-order valence-electron chi connectivity index (χ1n) is 6.78. The van der Waals surface area contributed by atoms with E-state index in [1.165, 1.54) is 18.5 Å². The van der Waals surface area contributed by atoms with Gasteiger partial charge in [0.15, 0.2) is 0 Å². The Labute approximate surface area is 115 Å². The number of nitrogens with zero attached hydrogens (tertiary/aromatic N) is 1. The summed E-state index contributed by atoms with van der Waals surface area (Å²) < 4.78 is 0. The van der Waals surface area contributed by atoms with Gasteiger partial charge in [-0.3, -0.25) is 0 Å². The van der Waals surface area contributed by atoms with Gasteiger partial charge in [-0.25, -0.2) is 0 Å². The van der Waals surface area contributed by atoms with E-state index in [0.29, 0.717) is 0 Å². The average molecular weight is 267 g/mol. The van der Waals surface area contributed by atoms with Crippen molar-refractivity contribution in [3.63, 3.8) is 0 Å². The highest BCUT2D eigenvalue weighted by Crippen LogP contribution is 2.30. The van der Waals surface area contributed by atoms with Crippen LogP contribution in [0.5, 0.6) is 0 Å². The van der Waals surface area contributed by atoms with Crippen LogP contribution in [0, 0.1) is 0 Å². The molecule has 1 saturated heterocycles. The van der Waals surface area contributed by atoms with E-state index in [1.807, 2.05) is 12.1 Å². The van der Waals surface area contributed by atoms with Crippen LogP contribution in [0.2, 0.25) is 5.02 Å². The summed E-state index contributed by atoms with van der Waals surface area (Å²) in [5, 5.41) is 4.33. The van der Waals surface area contributed by atoms with Crippen LogP contribution in [0.15, 0.2) is 24.3 Å². The Balaban J connectivity index is 2.08. The molecule has 18 heavy (non-hydrogen) atoms. The van der Waals surface area contributed by atoms with Crippen LogP contribution in [0.25, 0.3) is 0 Å². The van der Waals surface area contributed by atoms with Gasteiger partial charge in [0.2, 0.25) is 0 Å². The Hall–Kier alpha value is -0.570. The van der Waals surface area contributed by atoms with Crippen molar-refractivity contribution in [3.05, 3.63) is 34.9 Å². The zero-order valence-electron chi connectivity index (χ0n) is 11.4. The second-order valence-electron chi connectivity index (χ2n) is 5.74. The van der Waals surface area contributed by atoms with Crippen LogP contribution in [-0.2, 0) is 5.41 Å². The number of hydrogen-bond donors (Lipinski definition) is 1. The summed E-state index contributed by atoms with van der Waals surface area (Å²) >= 11 is 6.33. The summed E-state index contributed by atoms with van der Waals surface area (Å²) in [7, 11) is 0. The van der Waals surface area contributed by atoms with Gasteiger partial charge in [-0.1, -0.05) is 43.6 Å². The average Bonchev–Trinajstić information content (AvgIpc) is 2.57. The van der Waals surface area contributed by atoms with Crippen LogP contribution < -0.4 is 5.32 Å². The summed E-state index contributed by atoms with van der Waals surface area (Å²) in [6.07, 6.45) is 1.23. The molecule has 3 heteroatoms. The molecule has 1 aromatic rings. The van der Waals surface area contributed by atoms with Crippen molar-refractivity contribution in [1.82, 2.24) is 10.2 Å². The predicted octanol–water partition coefficient (Wildman–Crippen LogP) is 2.91. The molecule has 0 bridgehead atoms. The van der Waals surface area contributed by atoms with E-state index in [-0.39, 0.29) is 5.41 Å². The minimum absolute atomic E-state index is 0.0999. The van der Waals surface area contributed by atoms with Gasteiger partial charge in [-0.15, -0.1) is 0 Å². The molecular formula is C15H23ClN2. The highest BCUT2D eigenvalue weighted by Gasteiger charge is 2.26.